The fourth-order valence-corrected chi connectivity index (χ4v) is 5.49. The number of benzene rings is 2. The summed E-state index contributed by atoms with van der Waals surface area (Å²) in [6.45, 7) is 0.465. The normalized spacial score (nSPS) is 18.7. The summed E-state index contributed by atoms with van der Waals surface area (Å²) in [4.78, 5) is 0.194. The molecule has 1 fully saturated rings. The van der Waals surface area contributed by atoms with Gasteiger partial charge in [-0.05, 0) is 36.6 Å². The van der Waals surface area contributed by atoms with Crippen molar-refractivity contribution in [3.05, 3.63) is 53.1 Å². The third kappa shape index (κ3) is 4.08. The van der Waals surface area contributed by atoms with E-state index in [2.05, 4.69) is 0 Å². The Kier molecular flexibility index (Phi) is 6.29. The molecule has 0 amide bonds. The van der Waals surface area contributed by atoms with E-state index in [1.54, 1.807) is 16.4 Å². The highest BCUT2D eigenvalue weighted by Crippen LogP contribution is 2.39. The Morgan fingerprint density at radius 1 is 1.00 bits per heavy atom. The van der Waals surface area contributed by atoms with Crippen LogP contribution in [0.4, 0.5) is 0 Å². The molecule has 1 atom stereocenters. The van der Waals surface area contributed by atoms with Crippen molar-refractivity contribution >= 4 is 21.6 Å². The van der Waals surface area contributed by atoms with Crippen LogP contribution in [0.5, 0.6) is 11.5 Å². The molecular formula is C20H24ClNO4S. The molecule has 146 valence electrons. The first-order valence-corrected chi connectivity index (χ1v) is 10.8. The molecule has 1 heterocycles. The third-order valence-corrected chi connectivity index (χ3v) is 7.18. The number of sulfonamides is 1. The Bertz CT molecular complexity index is 901. The molecule has 0 N–H and O–H groups in total. The topological polar surface area (TPSA) is 55.8 Å². The van der Waals surface area contributed by atoms with E-state index in [1.807, 2.05) is 24.3 Å². The molecule has 2 aromatic carbocycles. The van der Waals surface area contributed by atoms with E-state index >= 15 is 0 Å². The summed E-state index contributed by atoms with van der Waals surface area (Å²) < 4.78 is 39.1. The number of methoxy groups -OCH3 is 2. The van der Waals surface area contributed by atoms with Crippen molar-refractivity contribution in [1.82, 2.24) is 4.31 Å². The maximum atomic E-state index is 13.5. The minimum Gasteiger partial charge on any atom is -0.493 e. The van der Waals surface area contributed by atoms with Crippen LogP contribution in [0.25, 0.3) is 0 Å². The fraction of sp³-hybridized carbons (Fsp3) is 0.400. The second-order valence-corrected chi connectivity index (χ2v) is 8.82. The summed E-state index contributed by atoms with van der Waals surface area (Å²) >= 11 is 6.40. The number of hydrogen-bond donors (Lipinski definition) is 0. The molecule has 0 saturated carbocycles. The van der Waals surface area contributed by atoms with E-state index in [0.29, 0.717) is 23.1 Å². The highest BCUT2D eigenvalue weighted by atomic mass is 35.5. The van der Waals surface area contributed by atoms with Gasteiger partial charge in [-0.15, -0.1) is 0 Å². The summed E-state index contributed by atoms with van der Waals surface area (Å²) in [5, 5.41) is 0.594. The quantitative estimate of drug-likeness (QED) is 0.720. The summed E-state index contributed by atoms with van der Waals surface area (Å²) in [6.07, 6.45) is 3.54. The lowest BCUT2D eigenvalue weighted by Gasteiger charge is -2.30. The van der Waals surface area contributed by atoms with Crippen LogP contribution in [0.15, 0.2) is 47.4 Å². The Labute approximate surface area is 165 Å². The van der Waals surface area contributed by atoms with Crippen LogP contribution in [0.1, 0.15) is 37.3 Å². The first-order valence-electron chi connectivity index (χ1n) is 8.97. The molecule has 0 aliphatic carbocycles. The van der Waals surface area contributed by atoms with Gasteiger partial charge in [0.2, 0.25) is 10.0 Å². The van der Waals surface area contributed by atoms with Crippen LogP contribution < -0.4 is 9.47 Å². The number of nitrogens with zero attached hydrogens (tertiary/aromatic N) is 1. The number of halogens is 1. The lowest BCUT2D eigenvalue weighted by atomic mass is 10.0. The zero-order valence-corrected chi connectivity index (χ0v) is 17.1. The predicted molar refractivity (Wildman–Crippen MR) is 106 cm³/mol. The molecule has 1 aliphatic rings. The van der Waals surface area contributed by atoms with E-state index in [-0.39, 0.29) is 10.9 Å². The number of rotatable bonds is 5. The lowest BCUT2D eigenvalue weighted by Crippen LogP contribution is -2.35. The molecule has 0 spiro atoms. The van der Waals surface area contributed by atoms with Gasteiger partial charge >= 0.3 is 0 Å². The van der Waals surface area contributed by atoms with Gasteiger partial charge in [-0.3, -0.25) is 0 Å². The molecule has 1 aliphatic heterocycles. The molecule has 0 aromatic heterocycles. The van der Waals surface area contributed by atoms with Crippen LogP contribution in [0, 0.1) is 0 Å². The maximum Gasteiger partial charge on any atom is 0.243 e. The molecule has 3 rings (SSSR count). The predicted octanol–water partition coefficient (Wildman–Crippen LogP) is 4.66. The van der Waals surface area contributed by atoms with Crippen molar-refractivity contribution in [2.24, 2.45) is 0 Å². The zero-order valence-electron chi connectivity index (χ0n) is 15.5. The molecule has 27 heavy (non-hydrogen) atoms. The van der Waals surface area contributed by atoms with E-state index < -0.39 is 10.0 Å². The first-order chi connectivity index (χ1) is 13.0. The third-order valence-electron chi connectivity index (χ3n) is 4.93. The average molecular weight is 410 g/mol. The van der Waals surface area contributed by atoms with Gasteiger partial charge in [0.15, 0.2) is 11.5 Å². The van der Waals surface area contributed by atoms with Crippen LogP contribution in [-0.4, -0.2) is 33.5 Å². The van der Waals surface area contributed by atoms with Crippen LogP contribution in [0.2, 0.25) is 5.02 Å². The van der Waals surface area contributed by atoms with Crippen LogP contribution >= 0.6 is 11.6 Å². The van der Waals surface area contributed by atoms with Crippen molar-refractivity contribution < 1.29 is 17.9 Å². The molecular weight excluding hydrogens is 386 g/mol. The van der Waals surface area contributed by atoms with Crippen molar-refractivity contribution in [2.75, 3.05) is 20.8 Å². The molecule has 7 heteroatoms. The Balaban J connectivity index is 2.05. The first kappa shape index (κ1) is 20.0. The zero-order chi connectivity index (χ0) is 19.4. The monoisotopic (exact) mass is 409 g/mol. The minimum absolute atomic E-state index is 0.194. The smallest absolute Gasteiger partial charge is 0.243 e. The summed E-state index contributed by atoms with van der Waals surface area (Å²) in [6, 6.07) is 11.9. The molecule has 5 nitrogen and oxygen atoms in total. The van der Waals surface area contributed by atoms with Gasteiger partial charge in [-0.1, -0.05) is 42.6 Å². The molecule has 0 radical (unpaired) electrons. The van der Waals surface area contributed by atoms with Crippen LogP contribution in [0.3, 0.4) is 0 Å². The summed E-state index contributed by atoms with van der Waals surface area (Å²) in [5.41, 5.74) is 0.852. The standard InChI is InChI=1S/C20H24ClNO4S/c1-25-19-12-11-15(14-20(19)26-2)27(23,24)22-13-7-3-4-10-18(22)16-8-5-6-9-17(16)21/h5-6,8-9,11-12,14,18H,3-4,7,10,13H2,1-2H3/t18-/m1/s1. The lowest BCUT2D eigenvalue weighted by molar-refractivity contribution is 0.328. The van der Waals surface area contributed by atoms with Gasteiger partial charge in [-0.2, -0.15) is 4.31 Å². The average Bonchev–Trinajstić information content (AvgIpc) is 2.94. The van der Waals surface area contributed by atoms with E-state index in [0.717, 1.165) is 31.2 Å². The molecule has 0 unspecified atom stereocenters. The summed E-state index contributed by atoms with van der Waals surface area (Å²) in [7, 11) is -0.703. The highest BCUT2D eigenvalue weighted by Gasteiger charge is 2.34. The SMILES string of the molecule is COc1ccc(S(=O)(=O)N2CCCCC[C@@H]2c2ccccc2Cl)cc1OC. The maximum absolute atomic E-state index is 13.5. The molecule has 1 saturated heterocycles. The Hall–Kier alpha value is -1.76. The van der Waals surface area contributed by atoms with Gasteiger partial charge in [-0.25, -0.2) is 8.42 Å². The van der Waals surface area contributed by atoms with Crippen LogP contribution in [-0.2, 0) is 10.0 Å². The van der Waals surface area contributed by atoms with Gasteiger partial charge in [0.05, 0.1) is 25.2 Å². The summed E-state index contributed by atoms with van der Waals surface area (Å²) in [5.74, 6) is 0.887. The van der Waals surface area contributed by atoms with E-state index in [1.165, 1.54) is 20.3 Å². The minimum atomic E-state index is -3.72. The van der Waals surface area contributed by atoms with Gasteiger partial charge in [0, 0.05) is 17.6 Å². The van der Waals surface area contributed by atoms with E-state index in [4.69, 9.17) is 21.1 Å². The second kappa shape index (κ2) is 8.50. The van der Waals surface area contributed by atoms with Gasteiger partial charge in [0.25, 0.3) is 0 Å². The van der Waals surface area contributed by atoms with Crippen molar-refractivity contribution in [3.63, 3.8) is 0 Å². The van der Waals surface area contributed by atoms with Gasteiger partial charge in [0.1, 0.15) is 0 Å². The Morgan fingerprint density at radius 2 is 1.74 bits per heavy atom. The van der Waals surface area contributed by atoms with Crippen molar-refractivity contribution in [3.8, 4) is 11.5 Å². The number of ether oxygens (including phenoxy) is 2. The number of hydrogen-bond acceptors (Lipinski definition) is 4. The molecule has 2 aromatic rings. The highest BCUT2D eigenvalue weighted by molar-refractivity contribution is 7.89. The van der Waals surface area contributed by atoms with Crippen molar-refractivity contribution in [2.45, 2.75) is 36.6 Å². The van der Waals surface area contributed by atoms with Crippen molar-refractivity contribution in [1.29, 1.82) is 0 Å². The largest absolute Gasteiger partial charge is 0.493 e. The van der Waals surface area contributed by atoms with Gasteiger partial charge < -0.3 is 9.47 Å². The fourth-order valence-electron chi connectivity index (χ4n) is 3.54. The second-order valence-electron chi connectivity index (χ2n) is 6.52. The van der Waals surface area contributed by atoms with E-state index in [9.17, 15) is 8.42 Å². The Morgan fingerprint density at radius 3 is 2.44 bits per heavy atom. The molecule has 0 bridgehead atoms.